The molecule has 1 aliphatic rings. The van der Waals surface area contributed by atoms with Crippen molar-refractivity contribution in [3.8, 4) is 0 Å². The molecular formula is C18H31N3. The van der Waals surface area contributed by atoms with Gasteiger partial charge in [0.05, 0.1) is 0 Å². The van der Waals surface area contributed by atoms with Gasteiger partial charge < -0.3 is 10.2 Å². The summed E-state index contributed by atoms with van der Waals surface area (Å²) in [4.78, 5) is 7.20. The summed E-state index contributed by atoms with van der Waals surface area (Å²) in [5.74, 6) is 2.03. The van der Waals surface area contributed by atoms with Crippen molar-refractivity contribution in [2.24, 2.45) is 5.92 Å². The van der Waals surface area contributed by atoms with E-state index in [4.69, 9.17) is 4.98 Å². The highest BCUT2D eigenvalue weighted by Crippen LogP contribution is 2.30. The lowest BCUT2D eigenvalue weighted by molar-refractivity contribution is 0.320. The summed E-state index contributed by atoms with van der Waals surface area (Å²) in [6, 6.07) is 2.19. The number of aromatic nitrogens is 1. The molecule has 118 valence electrons. The van der Waals surface area contributed by atoms with Crippen molar-refractivity contribution in [3.63, 3.8) is 0 Å². The summed E-state index contributed by atoms with van der Waals surface area (Å²) in [6.07, 6.45) is 4.16. The Labute approximate surface area is 130 Å². The third-order valence-corrected chi connectivity index (χ3v) is 4.37. The molecule has 0 radical (unpaired) electrons. The number of nitrogens with zero attached hydrogens (tertiary/aromatic N) is 2. The van der Waals surface area contributed by atoms with Gasteiger partial charge in [-0.15, -0.1) is 0 Å². The molecule has 1 aromatic rings. The van der Waals surface area contributed by atoms with E-state index in [1.165, 1.54) is 30.4 Å². The van der Waals surface area contributed by atoms with Crippen LogP contribution in [0.3, 0.4) is 0 Å². The Bertz CT molecular complexity index is 484. The fourth-order valence-corrected chi connectivity index (χ4v) is 2.88. The van der Waals surface area contributed by atoms with Gasteiger partial charge in [0.15, 0.2) is 0 Å². The third-order valence-electron chi connectivity index (χ3n) is 4.37. The Morgan fingerprint density at radius 2 is 1.95 bits per heavy atom. The van der Waals surface area contributed by atoms with Crippen LogP contribution >= 0.6 is 0 Å². The second-order valence-corrected chi connectivity index (χ2v) is 7.66. The molecule has 1 fully saturated rings. The topological polar surface area (TPSA) is 28.2 Å². The minimum Gasteiger partial charge on any atom is -0.359 e. The van der Waals surface area contributed by atoms with Gasteiger partial charge in [0, 0.05) is 36.9 Å². The Morgan fingerprint density at radius 3 is 2.48 bits per heavy atom. The Hall–Kier alpha value is -1.09. The maximum Gasteiger partial charge on any atom is 0.133 e. The SMILES string of the molecule is Cc1cc(C)c(CNC(C)(C)C)c(N(C)CC2CCC2)n1. The van der Waals surface area contributed by atoms with Crippen molar-refractivity contribution in [3.05, 3.63) is 22.9 Å². The number of nitrogens with one attached hydrogen (secondary N) is 1. The molecule has 0 unspecified atom stereocenters. The highest BCUT2D eigenvalue weighted by molar-refractivity contribution is 5.51. The van der Waals surface area contributed by atoms with Crippen molar-refractivity contribution in [2.45, 2.75) is 66.0 Å². The predicted molar refractivity (Wildman–Crippen MR) is 90.9 cm³/mol. The van der Waals surface area contributed by atoms with Crippen LogP contribution in [0, 0.1) is 19.8 Å². The quantitative estimate of drug-likeness (QED) is 0.893. The molecule has 1 N–H and O–H groups in total. The summed E-state index contributed by atoms with van der Waals surface area (Å²) in [7, 11) is 2.19. The van der Waals surface area contributed by atoms with Crippen LogP contribution in [0.2, 0.25) is 0 Å². The van der Waals surface area contributed by atoms with Crippen LogP contribution < -0.4 is 10.2 Å². The molecule has 0 spiro atoms. The molecule has 21 heavy (non-hydrogen) atoms. The molecule has 0 bridgehead atoms. The molecule has 1 aromatic heterocycles. The molecule has 0 aliphatic heterocycles. The first kappa shape index (κ1) is 16.3. The summed E-state index contributed by atoms with van der Waals surface area (Å²) in [5.41, 5.74) is 3.93. The summed E-state index contributed by atoms with van der Waals surface area (Å²) < 4.78 is 0. The minimum absolute atomic E-state index is 0.126. The van der Waals surface area contributed by atoms with E-state index >= 15 is 0 Å². The Balaban J connectivity index is 2.20. The fourth-order valence-electron chi connectivity index (χ4n) is 2.88. The number of aryl methyl sites for hydroxylation is 2. The lowest BCUT2D eigenvalue weighted by Crippen LogP contribution is -2.36. The molecular weight excluding hydrogens is 258 g/mol. The summed E-state index contributed by atoms with van der Waals surface area (Å²) >= 11 is 0. The van der Waals surface area contributed by atoms with Gasteiger partial charge in [-0.25, -0.2) is 4.98 Å². The minimum atomic E-state index is 0.126. The van der Waals surface area contributed by atoms with Crippen molar-refractivity contribution < 1.29 is 0 Å². The van der Waals surface area contributed by atoms with E-state index in [2.05, 4.69) is 57.9 Å². The largest absolute Gasteiger partial charge is 0.359 e. The molecule has 3 heteroatoms. The van der Waals surface area contributed by atoms with Gasteiger partial charge in [-0.2, -0.15) is 0 Å². The van der Waals surface area contributed by atoms with Crippen LogP contribution in [-0.4, -0.2) is 24.1 Å². The maximum absolute atomic E-state index is 4.83. The van der Waals surface area contributed by atoms with E-state index in [1.807, 2.05) is 0 Å². The van der Waals surface area contributed by atoms with Crippen LogP contribution in [0.5, 0.6) is 0 Å². The van der Waals surface area contributed by atoms with Gasteiger partial charge in [0.25, 0.3) is 0 Å². The van der Waals surface area contributed by atoms with Crippen molar-refractivity contribution in [1.29, 1.82) is 0 Å². The lowest BCUT2D eigenvalue weighted by atomic mass is 9.85. The number of anilines is 1. The smallest absolute Gasteiger partial charge is 0.133 e. The summed E-state index contributed by atoms with van der Waals surface area (Å²) in [6.45, 7) is 12.9. The first-order valence-corrected chi connectivity index (χ1v) is 8.19. The average molecular weight is 289 g/mol. The zero-order valence-corrected chi connectivity index (χ0v) is 14.6. The van der Waals surface area contributed by atoms with Crippen molar-refractivity contribution in [1.82, 2.24) is 10.3 Å². The van der Waals surface area contributed by atoms with Crippen LogP contribution in [0.1, 0.15) is 56.9 Å². The van der Waals surface area contributed by atoms with E-state index in [-0.39, 0.29) is 5.54 Å². The molecule has 0 aromatic carbocycles. The maximum atomic E-state index is 4.83. The Morgan fingerprint density at radius 1 is 1.29 bits per heavy atom. The molecule has 0 saturated heterocycles. The van der Waals surface area contributed by atoms with Crippen LogP contribution in [0.25, 0.3) is 0 Å². The number of rotatable bonds is 5. The monoisotopic (exact) mass is 289 g/mol. The fraction of sp³-hybridized carbons (Fsp3) is 0.722. The molecule has 1 heterocycles. The Kier molecular flexibility index (Phi) is 4.92. The van der Waals surface area contributed by atoms with Crippen LogP contribution in [0.15, 0.2) is 6.07 Å². The van der Waals surface area contributed by atoms with Crippen molar-refractivity contribution in [2.75, 3.05) is 18.5 Å². The second kappa shape index (κ2) is 6.35. The number of pyridine rings is 1. The van der Waals surface area contributed by atoms with E-state index < -0.39 is 0 Å². The zero-order valence-electron chi connectivity index (χ0n) is 14.6. The number of hydrogen-bond acceptors (Lipinski definition) is 3. The van der Waals surface area contributed by atoms with Gasteiger partial charge in [0.1, 0.15) is 5.82 Å². The van der Waals surface area contributed by atoms with Gasteiger partial charge in [0.2, 0.25) is 0 Å². The second-order valence-electron chi connectivity index (χ2n) is 7.66. The van der Waals surface area contributed by atoms with E-state index in [9.17, 15) is 0 Å². The van der Waals surface area contributed by atoms with E-state index in [0.29, 0.717) is 0 Å². The predicted octanol–water partition coefficient (Wildman–Crippen LogP) is 3.82. The zero-order chi connectivity index (χ0) is 15.6. The lowest BCUT2D eigenvalue weighted by Gasteiger charge is -2.32. The van der Waals surface area contributed by atoms with E-state index in [0.717, 1.165) is 30.5 Å². The summed E-state index contributed by atoms with van der Waals surface area (Å²) in [5, 5.41) is 3.61. The standard InChI is InChI=1S/C18H31N3/c1-13-10-14(2)20-17(16(13)11-19-18(3,4)5)21(6)12-15-8-7-9-15/h10,15,19H,7-9,11-12H2,1-6H3. The molecule has 1 saturated carbocycles. The van der Waals surface area contributed by atoms with Gasteiger partial charge >= 0.3 is 0 Å². The van der Waals surface area contributed by atoms with Gasteiger partial charge in [-0.3, -0.25) is 0 Å². The van der Waals surface area contributed by atoms with Crippen LogP contribution in [0.4, 0.5) is 5.82 Å². The highest BCUT2D eigenvalue weighted by Gasteiger charge is 2.22. The van der Waals surface area contributed by atoms with Crippen LogP contribution in [-0.2, 0) is 6.54 Å². The molecule has 3 nitrogen and oxygen atoms in total. The average Bonchev–Trinajstić information content (AvgIpc) is 2.30. The highest BCUT2D eigenvalue weighted by atomic mass is 15.2. The molecule has 0 atom stereocenters. The first-order valence-electron chi connectivity index (χ1n) is 8.19. The molecule has 0 amide bonds. The molecule has 1 aliphatic carbocycles. The van der Waals surface area contributed by atoms with Gasteiger partial charge in [-0.1, -0.05) is 6.42 Å². The van der Waals surface area contributed by atoms with E-state index in [1.54, 1.807) is 0 Å². The molecule has 2 rings (SSSR count). The third kappa shape index (κ3) is 4.44. The normalized spacial score (nSPS) is 15.9. The first-order chi connectivity index (χ1) is 9.76. The number of hydrogen-bond donors (Lipinski definition) is 1. The van der Waals surface area contributed by atoms with Crippen molar-refractivity contribution >= 4 is 5.82 Å². The van der Waals surface area contributed by atoms with Gasteiger partial charge in [-0.05, 0) is 65.0 Å².